The summed E-state index contributed by atoms with van der Waals surface area (Å²) in [4.78, 5) is 32.5. The highest BCUT2D eigenvalue weighted by molar-refractivity contribution is 5.91. The molecule has 0 spiro atoms. The molecule has 6 nitrogen and oxygen atoms in total. The molecule has 7 heteroatoms. The number of esters is 1. The van der Waals surface area contributed by atoms with Gasteiger partial charge in [0.2, 0.25) is 5.91 Å². The molecule has 2 aliphatic carbocycles. The molecule has 37 heavy (non-hydrogen) atoms. The van der Waals surface area contributed by atoms with E-state index in [1.54, 1.807) is 0 Å². The highest BCUT2D eigenvalue weighted by atomic mass is 19.1. The van der Waals surface area contributed by atoms with Crippen LogP contribution in [0.15, 0.2) is 48.7 Å². The number of ether oxygens (including phenoxy) is 1. The van der Waals surface area contributed by atoms with Crippen LogP contribution in [0.25, 0.3) is 0 Å². The van der Waals surface area contributed by atoms with Crippen LogP contribution in [0.2, 0.25) is 0 Å². The monoisotopic (exact) mass is 507 g/mol. The molecule has 1 aromatic heterocycles. The molecule has 0 bridgehead atoms. The minimum absolute atomic E-state index is 0.0474. The van der Waals surface area contributed by atoms with E-state index in [2.05, 4.69) is 34.3 Å². The predicted octanol–water partition coefficient (Wildman–Crippen LogP) is 5.49. The van der Waals surface area contributed by atoms with Crippen molar-refractivity contribution in [3.8, 4) is 0 Å². The number of anilines is 1. The van der Waals surface area contributed by atoms with Gasteiger partial charge in [-0.25, -0.2) is 9.37 Å². The molecule has 3 aliphatic rings. The van der Waals surface area contributed by atoms with Crippen molar-refractivity contribution in [1.29, 1.82) is 0 Å². The summed E-state index contributed by atoms with van der Waals surface area (Å²) in [5, 5.41) is 2.75. The molecule has 198 valence electrons. The van der Waals surface area contributed by atoms with Gasteiger partial charge in [0.15, 0.2) is 0 Å². The van der Waals surface area contributed by atoms with E-state index in [9.17, 15) is 14.0 Å². The third-order valence-corrected chi connectivity index (χ3v) is 8.96. The number of fused-ring (bicyclic) bond motifs is 1. The second kappa shape index (κ2) is 10.9. The Kier molecular flexibility index (Phi) is 7.61. The van der Waals surface area contributed by atoms with Crippen molar-refractivity contribution in [2.24, 2.45) is 11.8 Å². The van der Waals surface area contributed by atoms with Crippen LogP contribution in [0.4, 0.5) is 10.2 Å². The zero-order valence-electron chi connectivity index (χ0n) is 21.8. The highest BCUT2D eigenvalue weighted by Gasteiger charge is 2.55. The lowest BCUT2D eigenvalue weighted by Gasteiger charge is -2.53. The Balaban J connectivity index is 1.21. The largest absolute Gasteiger partial charge is 0.458 e. The maximum atomic E-state index is 13.9. The molecule has 2 saturated carbocycles. The average molecular weight is 508 g/mol. The van der Waals surface area contributed by atoms with Crippen LogP contribution in [0.3, 0.4) is 0 Å². The van der Waals surface area contributed by atoms with Crippen LogP contribution in [-0.4, -0.2) is 47.0 Å². The van der Waals surface area contributed by atoms with Gasteiger partial charge in [0.1, 0.15) is 17.2 Å². The Morgan fingerprint density at radius 1 is 1.05 bits per heavy atom. The molecule has 3 atom stereocenters. The number of halogens is 1. The third kappa shape index (κ3) is 5.57. The standard InChI is InChI=1S/C30H38FN3O3/c1-29(37-28(36)30(15-7-2-3-8-16-30)23-9-5-4-6-10-23)19-22-13-17-34(18-14-25(22)29)21-27(35)33-26-12-11-24(31)20-32-26/h4-6,9-12,20,22,25H,2-3,7-8,13-19,21H2,1H3,(H,32,33,35)/t22?,25?,29-/m0/s1. The normalized spacial score (nSPS) is 27.6. The van der Waals surface area contributed by atoms with E-state index >= 15 is 0 Å². The van der Waals surface area contributed by atoms with Gasteiger partial charge in [0.05, 0.1) is 18.2 Å². The number of aromatic nitrogens is 1. The first-order valence-electron chi connectivity index (χ1n) is 13.8. The summed E-state index contributed by atoms with van der Waals surface area (Å²) in [7, 11) is 0. The molecule has 3 fully saturated rings. The number of carbonyl (C=O) groups is 2. The SMILES string of the molecule is C[C@]1(OC(=O)C2(c3ccccc3)CCCCCC2)CC2CCN(CC(=O)Nc3ccc(F)cn3)CCC21. The van der Waals surface area contributed by atoms with Crippen LogP contribution >= 0.6 is 0 Å². The maximum absolute atomic E-state index is 13.9. The van der Waals surface area contributed by atoms with Crippen molar-refractivity contribution in [2.45, 2.75) is 75.7 Å². The van der Waals surface area contributed by atoms with Gasteiger partial charge in [-0.15, -0.1) is 0 Å². The fraction of sp³-hybridized carbons (Fsp3) is 0.567. The Bertz CT molecular complexity index is 1090. The van der Waals surface area contributed by atoms with E-state index in [-0.39, 0.29) is 18.4 Å². The second-order valence-electron chi connectivity index (χ2n) is 11.4. The first-order valence-corrected chi connectivity index (χ1v) is 13.8. The first-order chi connectivity index (χ1) is 17.9. The van der Waals surface area contributed by atoms with Crippen LogP contribution in [0.1, 0.15) is 70.3 Å². The second-order valence-corrected chi connectivity index (χ2v) is 11.4. The van der Waals surface area contributed by atoms with Crippen LogP contribution in [0.5, 0.6) is 0 Å². The molecular weight excluding hydrogens is 469 g/mol. The molecule has 1 N–H and O–H groups in total. The smallest absolute Gasteiger partial charge is 0.317 e. The lowest BCUT2D eigenvalue weighted by atomic mass is 9.59. The summed E-state index contributed by atoms with van der Waals surface area (Å²) in [6.45, 7) is 4.00. The van der Waals surface area contributed by atoms with Gasteiger partial charge >= 0.3 is 5.97 Å². The zero-order valence-corrected chi connectivity index (χ0v) is 21.8. The first kappa shape index (κ1) is 25.8. The number of hydrogen-bond acceptors (Lipinski definition) is 5. The summed E-state index contributed by atoms with van der Waals surface area (Å²) < 4.78 is 19.6. The summed E-state index contributed by atoms with van der Waals surface area (Å²) >= 11 is 0. The van der Waals surface area contributed by atoms with Crippen molar-refractivity contribution in [2.75, 3.05) is 25.0 Å². The quantitative estimate of drug-likeness (QED) is 0.414. The zero-order chi connectivity index (χ0) is 25.9. The van der Waals surface area contributed by atoms with Crippen molar-refractivity contribution in [3.63, 3.8) is 0 Å². The Hall–Kier alpha value is -2.80. The Labute approximate surface area is 219 Å². The molecule has 2 aromatic rings. The predicted molar refractivity (Wildman–Crippen MR) is 140 cm³/mol. The molecular formula is C30H38FN3O3. The average Bonchev–Trinajstić information content (AvgIpc) is 3.24. The molecule has 5 rings (SSSR count). The minimum atomic E-state index is -0.547. The molecule has 2 heterocycles. The van der Waals surface area contributed by atoms with Crippen molar-refractivity contribution < 1.29 is 18.7 Å². The number of benzene rings is 1. The number of nitrogens with one attached hydrogen (secondary N) is 1. The fourth-order valence-corrected chi connectivity index (χ4v) is 6.90. The van der Waals surface area contributed by atoms with Crippen LogP contribution < -0.4 is 5.32 Å². The van der Waals surface area contributed by atoms with Gasteiger partial charge in [-0.3, -0.25) is 14.5 Å². The Morgan fingerprint density at radius 3 is 2.49 bits per heavy atom. The van der Waals surface area contributed by atoms with E-state index in [1.165, 1.54) is 25.0 Å². The van der Waals surface area contributed by atoms with E-state index in [1.807, 2.05) is 18.2 Å². The van der Waals surface area contributed by atoms with Gasteiger partial charge in [-0.1, -0.05) is 56.0 Å². The number of rotatable bonds is 6. The van der Waals surface area contributed by atoms with Gasteiger partial charge < -0.3 is 10.1 Å². The number of likely N-dealkylation sites (tertiary alicyclic amines) is 1. The van der Waals surface area contributed by atoms with Crippen LogP contribution in [-0.2, 0) is 19.7 Å². The molecule has 1 aromatic carbocycles. The van der Waals surface area contributed by atoms with Gasteiger partial charge in [-0.05, 0) is 75.7 Å². The Morgan fingerprint density at radius 2 is 1.78 bits per heavy atom. The summed E-state index contributed by atoms with van der Waals surface area (Å²) in [5.74, 6) is 0.535. The lowest BCUT2D eigenvalue weighted by Crippen LogP contribution is -2.56. The number of amides is 1. The fourth-order valence-electron chi connectivity index (χ4n) is 6.90. The number of nitrogens with zero attached hydrogens (tertiary/aromatic N) is 2. The lowest BCUT2D eigenvalue weighted by molar-refractivity contribution is -0.198. The topological polar surface area (TPSA) is 71.5 Å². The van der Waals surface area contributed by atoms with Gasteiger partial charge in [0.25, 0.3) is 0 Å². The number of hydrogen-bond donors (Lipinski definition) is 1. The molecule has 0 radical (unpaired) electrons. The highest BCUT2D eigenvalue weighted by Crippen LogP contribution is 2.52. The van der Waals surface area contributed by atoms with Crippen molar-refractivity contribution in [3.05, 3.63) is 60.0 Å². The molecule has 1 amide bonds. The van der Waals surface area contributed by atoms with E-state index < -0.39 is 16.8 Å². The minimum Gasteiger partial charge on any atom is -0.458 e. The summed E-state index contributed by atoms with van der Waals surface area (Å²) in [6.07, 6.45) is 10.0. The molecule has 1 saturated heterocycles. The van der Waals surface area contributed by atoms with Crippen LogP contribution in [0, 0.1) is 17.7 Å². The summed E-state index contributed by atoms with van der Waals surface area (Å²) in [5.41, 5.74) is 0.0939. The number of pyridine rings is 1. The van der Waals surface area contributed by atoms with Crippen molar-refractivity contribution >= 4 is 17.7 Å². The van der Waals surface area contributed by atoms with Gasteiger partial charge in [0, 0.05) is 5.92 Å². The number of carbonyl (C=O) groups excluding carboxylic acids is 2. The van der Waals surface area contributed by atoms with Gasteiger partial charge in [-0.2, -0.15) is 0 Å². The molecule has 2 unspecified atom stereocenters. The van der Waals surface area contributed by atoms with E-state index in [0.717, 1.165) is 69.8 Å². The van der Waals surface area contributed by atoms with Crippen molar-refractivity contribution in [1.82, 2.24) is 9.88 Å². The van der Waals surface area contributed by atoms with E-state index in [0.29, 0.717) is 17.7 Å². The molecule has 1 aliphatic heterocycles. The van der Waals surface area contributed by atoms with E-state index in [4.69, 9.17) is 4.74 Å². The third-order valence-electron chi connectivity index (χ3n) is 8.96. The maximum Gasteiger partial charge on any atom is 0.317 e. The summed E-state index contributed by atoms with van der Waals surface area (Å²) in [6, 6.07) is 13.0.